The molecule has 0 bridgehead atoms. The number of nitrogens with one attached hydrogen (secondary N) is 1. The Balaban J connectivity index is 2.16. The van der Waals surface area contributed by atoms with Crippen LogP contribution in [-0.2, 0) is 9.84 Å². The second-order valence-electron chi connectivity index (χ2n) is 4.36. The van der Waals surface area contributed by atoms with Crippen molar-refractivity contribution >= 4 is 21.5 Å². The Labute approximate surface area is 94.2 Å². The summed E-state index contributed by atoms with van der Waals surface area (Å²) >= 11 is 0. The van der Waals surface area contributed by atoms with Gasteiger partial charge in [-0.1, -0.05) is 0 Å². The van der Waals surface area contributed by atoms with Crippen LogP contribution in [0.4, 0.5) is 11.6 Å². The maximum atomic E-state index is 11.4. The van der Waals surface area contributed by atoms with E-state index in [1.165, 1.54) is 6.33 Å². The smallest absolute Gasteiger partial charge is 0.152 e. The first kappa shape index (κ1) is 11.1. The van der Waals surface area contributed by atoms with Crippen molar-refractivity contribution in [3.8, 4) is 0 Å². The van der Waals surface area contributed by atoms with Gasteiger partial charge in [0.1, 0.15) is 18.0 Å². The van der Waals surface area contributed by atoms with Crippen LogP contribution in [0.5, 0.6) is 0 Å². The van der Waals surface area contributed by atoms with Crippen LogP contribution in [0.3, 0.4) is 0 Å². The molecule has 2 heterocycles. The van der Waals surface area contributed by atoms with E-state index in [2.05, 4.69) is 15.3 Å². The summed E-state index contributed by atoms with van der Waals surface area (Å²) in [4.78, 5) is 7.77. The van der Waals surface area contributed by atoms with Gasteiger partial charge in [0.05, 0.1) is 17.0 Å². The van der Waals surface area contributed by atoms with E-state index in [4.69, 9.17) is 5.73 Å². The van der Waals surface area contributed by atoms with Gasteiger partial charge in [0.25, 0.3) is 0 Å². The zero-order valence-electron chi connectivity index (χ0n) is 8.97. The summed E-state index contributed by atoms with van der Waals surface area (Å²) in [7, 11) is -2.92. The van der Waals surface area contributed by atoms with Crippen LogP contribution in [0, 0.1) is 0 Å². The van der Waals surface area contributed by atoms with E-state index in [1.807, 2.05) is 6.92 Å². The van der Waals surface area contributed by atoms with Gasteiger partial charge in [-0.05, 0) is 13.3 Å². The van der Waals surface area contributed by atoms with E-state index in [0.29, 0.717) is 18.1 Å². The number of aromatic nitrogens is 2. The van der Waals surface area contributed by atoms with Crippen molar-refractivity contribution in [1.29, 1.82) is 0 Å². The van der Waals surface area contributed by atoms with Crippen LogP contribution < -0.4 is 11.1 Å². The van der Waals surface area contributed by atoms with E-state index in [-0.39, 0.29) is 11.5 Å². The Bertz CT molecular complexity index is 502. The summed E-state index contributed by atoms with van der Waals surface area (Å²) in [5.41, 5.74) is 5.06. The minimum absolute atomic E-state index is 0.129. The standard InChI is InChI=1S/C9H14N4O2S/c1-9(2-3-16(14,15)5-9)13-8-4-7(10)11-6-12-8/h4,6H,2-3,5H2,1H3,(H3,10,11,12,13). The van der Waals surface area contributed by atoms with Crippen molar-refractivity contribution < 1.29 is 8.42 Å². The molecule has 3 N–H and O–H groups in total. The van der Waals surface area contributed by atoms with E-state index in [9.17, 15) is 8.42 Å². The molecule has 16 heavy (non-hydrogen) atoms. The lowest BCUT2D eigenvalue weighted by atomic mass is 10.0. The maximum Gasteiger partial charge on any atom is 0.152 e. The van der Waals surface area contributed by atoms with Crippen molar-refractivity contribution in [2.24, 2.45) is 0 Å². The van der Waals surface area contributed by atoms with Crippen molar-refractivity contribution in [3.63, 3.8) is 0 Å². The van der Waals surface area contributed by atoms with E-state index < -0.39 is 15.4 Å². The summed E-state index contributed by atoms with van der Waals surface area (Å²) in [6.07, 6.45) is 1.93. The Hall–Kier alpha value is -1.37. The van der Waals surface area contributed by atoms with E-state index >= 15 is 0 Å². The van der Waals surface area contributed by atoms with Crippen molar-refractivity contribution in [1.82, 2.24) is 9.97 Å². The third-order valence-corrected chi connectivity index (χ3v) is 4.52. The van der Waals surface area contributed by atoms with Crippen LogP contribution >= 0.6 is 0 Å². The third kappa shape index (κ3) is 2.41. The summed E-state index contributed by atoms with van der Waals surface area (Å²) < 4.78 is 22.8. The van der Waals surface area contributed by atoms with Crippen molar-refractivity contribution in [2.45, 2.75) is 18.9 Å². The first-order valence-corrected chi connectivity index (χ1v) is 6.77. The largest absolute Gasteiger partial charge is 0.384 e. The Morgan fingerprint density at radius 3 is 2.81 bits per heavy atom. The zero-order chi connectivity index (χ0) is 11.8. The number of rotatable bonds is 2. The van der Waals surface area contributed by atoms with Gasteiger partial charge < -0.3 is 11.1 Å². The fourth-order valence-corrected chi connectivity index (χ4v) is 3.95. The van der Waals surface area contributed by atoms with Crippen LogP contribution in [0.25, 0.3) is 0 Å². The first-order chi connectivity index (χ1) is 7.39. The zero-order valence-corrected chi connectivity index (χ0v) is 9.79. The molecule has 1 aromatic rings. The molecular weight excluding hydrogens is 228 g/mol. The molecule has 1 aromatic heterocycles. The highest BCUT2D eigenvalue weighted by Crippen LogP contribution is 2.26. The Morgan fingerprint density at radius 2 is 2.25 bits per heavy atom. The van der Waals surface area contributed by atoms with Gasteiger partial charge in [-0.3, -0.25) is 0 Å². The highest BCUT2D eigenvalue weighted by atomic mass is 32.2. The molecule has 0 aliphatic carbocycles. The monoisotopic (exact) mass is 242 g/mol. The fourth-order valence-electron chi connectivity index (χ4n) is 1.86. The van der Waals surface area contributed by atoms with Gasteiger partial charge in [-0.25, -0.2) is 18.4 Å². The van der Waals surface area contributed by atoms with Gasteiger partial charge in [0, 0.05) is 6.07 Å². The van der Waals surface area contributed by atoms with Gasteiger partial charge in [0.15, 0.2) is 9.84 Å². The van der Waals surface area contributed by atoms with E-state index in [1.54, 1.807) is 6.07 Å². The molecule has 1 aliphatic heterocycles. The van der Waals surface area contributed by atoms with Crippen LogP contribution in [0.2, 0.25) is 0 Å². The maximum absolute atomic E-state index is 11.4. The lowest BCUT2D eigenvalue weighted by Crippen LogP contribution is -2.36. The van der Waals surface area contributed by atoms with Crippen LogP contribution in [0.1, 0.15) is 13.3 Å². The summed E-state index contributed by atoms with van der Waals surface area (Å²) in [5, 5.41) is 3.10. The molecular formula is C9H14N4O2S. The van der Waals surface area contributed by atoms with Crippen molar-refractivity contribution in [3.05, 3.63) is 12.4 Å². The number of hydrogen-bond acceptors (Lipinski definition) is 6. The van der Waals surface area contributed by atoms with Crippen LogP contribution in [-0.4, -0.2) is 35.4 Å². The highest BCUT2D eigenvalue weighted by molar-refractivity contribution is 7.91. The van der Waals surface area contributed by atoms with E-state index in [0.717, 1.165) is 0 Å². The summed E-state index contributed by atoms with van der Waals surface area (Å²) in [5.74, 6) is 1.27. The SMILES string of the molecule is CC1(Nc2cc(N)ncn2)CCS(=O)(=O)C1. The molecule has 7 heteroatoms. The molecule has 0 radical (unpaired) electrons. The topological polar surface area (TPSA) is 98.0 Å². The molecule has 6 nitrogen and oxygen atoms in total. The number of nitrogens with two attached hydrogens (primary N) is 1. The predicted molar refractivity (Wildman–Crippen MR) is 61.7 cm³/mol. The van der Waals surface area contributed by atoms with Crippen molar-refractivity contribution in [2.75, 3.05) is 22.6 Å². The number of sulfone groups is 1. The predicted octanol–water partition coefficient (Wildman–Crippen LogP) is 0.0479. The second-order valence-corrected chi connectivity index (χ2v) is 6.54. The van der Waals surface area contributed by atoms with Gasteiger partial charge in [-0.2, -0.15) is 0 Å². The Morgan fingerprint density at radius 1 is 1.50 bits per heavy atom. The van der Waals surface area contributed by atoms with Crippen LogP contribution in [0.15, 0.2) is 12.4 Å². The minimum Gasteiger partial charge on any atom is -0.384 e. The quantitative estimate of drug-likeness (QED) is 0.760. The first-order valence-electron chi connectivity index (χ1n) is 4.95. The molecule has 2 rings (SSSR count). The molecule has 0 amide bonds. The fraction of sp³-hybridized carbons (Fsp3) is 0.556. The molecule has 1 atom stereocenters. The second kappa shape index (κ2) is 3.58. The summed E-state index contributed by atoms with van der Waals surface area (Å²) in [6.45, 7) is 1.87. The van der Waals surface area contributed by atoms with Gasteiger partial charge >= 0.3 is 0 Å². The Kier molecular flexibility index (Phi) is 2.49. The minimum atomic E-state index is -2.92. The lowest BCUT2D eigenvalue weighted by molar-refractivity contribution is 0.572. The number of hydrogen-bond donors (Lipinski definition) is 2. The van der Waals surface area contributed by atoms with Gasteiger partial charge in [-0.15, -0.1) is 0 Å². The average molecular weight is 242 g/mol. The molecule has 1 unspecified atom stereocenters. The highest BCUT2D eigenvalue weighted by Gasteiger charge is 2.38. The average Bonchev–Trinajstić information content (AvgIpc) is 2.40. The molecule has 88 valence electrons. The lowest BCUT2D eigenvalue weighted by Gasteiger charge is -2.24. The summed E-state index contributed by atoms with van der Waals surface area (Å²) in [6, 6.07) is 1.59. The third-order valence-electron chi connectivity index (χ3n) is 2.62. The van der Waals surface area contributed by atoms with Gasteiger partial charge in [0.2, 0.25) is 0 Å². The number of nitrogen functional groups attached to an aromatic ring is 1. The molecule has 0 saturated carbocycles. The molecule has 1 saturated heterocycles. The molecule has 1 fully saturated rings. The number of nitrogens with zero attached hydrogens (tertiary/aromatic N) is 2. The normalized spacial score (nSPS) is 27.8. The molecule has 0 spiro atoms. The molecule has 1 aliphatic rings. The molecule has 0 aromatic carbocycles. The number of anilines is 2.